The van der Waals surface area contributed by atoms with Crippen LogP contribution in [-0.2, 0) is 16.0 Å². The lowest BCUT2D eigenvalue weighted by Gasteiger charge is -2.41. The average Bonchev–Trinajstić information content (AvgIpc) is 3.37. The Labute approximate surface area is 150 Å². The van der Waals surface area contributed by atoms with E-state index >= 15 is 0 Å². The number of amides is 2. The fourth-order valence-electron chi connectivity index (χ4n) is 3.69. The minimum Gasteiger partial charge on any atom is -0.343 e. The zero-order valence-electron chi connectivity index (χ0n) is 14.6. The Morgan fingerprint density at radius 1 is 1.38 bits per heavy atom. The number of alkyl halides is 3. The number of nitrogens with one attached hydrogen (secondary N) is 1. The van der Waals surface area contributed by atoms with Crippen LogP contribution in [0.5, 0.6) is 0 Å². The fraction of sp³-hybridized carbons (Fsp3) is 0.611. The first kappa shape index (κ1) is 18.7. The minimum absolute atomic E-state index is 0.0280. The van der Waals surface area contributed by atoms with E-state index in [0.717, 1.165) is 18.4 Å². The van der Waals surface area contributed by atoms with Gasteiger partial charge in [0.15, 0.2) is 0 Å². The van der Waals surface area contributed by atoms with Crippen molar-refractivity contribution < 1.29 is 22.8 Å². The van der Waals surface area contributed by atoms with E-state index in [-0.39, 0.29) is 5.91 Å². The van der Waals surface area contributed by atoms with Crippen LogP contribution in [-0.4, -0.2) is 46.5 Å². The van der Waals surface area contributed by atoms with Crippen molar-refractivity contribution in [1.29, 1.82) is 0 Å². The zero-order valence-corrected chi connectivity index (χ0v) is 14.6. The Bertz CT molecular complexity index is 674. The number of piperidine rings is 1. The molecule has 0 aromatic carbocycles. The maximum Gasteiger partial charge on any atom is 0.471 e. The smallest absolute Gasteiger partial charge is 0.343 e. The van der Waals surface area contributed by atoms with Crippen LogP contribution in [0.2, 0.25) is 0 Å². The van der Waals surface area contributed by atoms with Gasteiger partial charge in [-0.2, -0.15) is 13.2 Å². The molecule has 0 bridgehead atoms. The topological polar surface area (TPSA) is 62.3 Å². The van der Waals surface area contributed by atoms with Gasteiger partial charge in [-0.15, -0.1) is 0 Å². The molecule has 2 aliphatic rings. The van der Waals surface area contributed by atoms with Crippen molar-refractivity contribution in [3.05, 3.63) is 30.1 Å². The molecule has 2 fully saturated rings. The Balaban J connectivity index is 1.68. The quantitative estimate of drug-likeness (QED) is 0.887. The van der Waals surface area contributed by atoms with Crippen molar-refractivity contribution in [2.24, 2.45) is 5.41 Å². The highest BCUT2D eigenvalue weighted by Crippen LogP contribution is 2.50. The van der Waals surface area contributed by atoms with Gasteiger partial charge in [-0.1, -0.05) is 6.07 Å². The second-order valence-corrected chi connectivity index (χ2v) is 7.28. The lowest BCUT2D eigenvalue weighted by atomic mass is 9.91. The van der Waals surface area contributed by atoms with Gasteiger partial charge in [-0.25, -0.2) is 0 Å². The number of nitrogens with zero attached hydrogens (tertiary/aromatic N) is 2. The van der Waals surface area contributed by atoms with E-state index in [1.807, 2.05) is 17.4 Å². The molecule has 0 unspecified atom stereocenters. The number of aromatic nitrogens is 1. The van der Waals surface area contributed by atoms with Gasteiger partial charge in [-0.3, -0.25) is 14.6 Å². The number of rotatable bonds is 4. The molecule has 1 aromatic heterocycles. The van der Waals surface area contributed by atoms with E-state index in [1.165, 1.54) is 0 Å². The van der Waals surface area contributed by atoms with Crippen molar-refractivity contribution in [3.63, 3.8) is 0 Å². The summed E-state index contributed by atoms with van der Waals surface area (Å²) in [4.78, 5) is 30.1. The normalized spacial score (nSPS) is 24.8. The molecule has 2 amide bonds. The molecule has 1 aliphatic carbocycles. The molecule has 5 nitrogen and oxygen atoms in total. The molecule has 8 heteroatoms. The van der Waals surface area contributed by atoms with E-state index in [9.17, 15) is 22.8 Å². The molecule has 1 aliphatic heterocycles. The molecule has 3 rings (SSSR count). The number of carbonyl (C=O) groups excluding carboxylic acids is 2. The fourth-order valence-corrected chi connectivity index (χ4v) is 3.69. The number of hydrogen-bond acceptors (Lipinski definition) is 3. The maximum atomic E-state index is 13.1. The Hall–Kier alpha value is -2.12. The van der Waals surface area contributed by atoms with E-state index < -0.39 is 29.6 Å². The third-order valence-corrected chi connectivity index (χ3v) is 5.40. The van der Waals surface area contributed by atoms with E-state index in [1.54, 1.807) is 24.2 Å². The number of hydrogen-bond donors (Lipinski definition) is 1. The highest BCUT2D eigenvalue weighted by atomic mass is 19.4. The number of pyridine rings is 1. The zero-order chi connectivity index (χ0) is 18.9. The molecule has 1 saturated carbocycles. The summed E-state index contributed by atoms with van der Waals surface area (Å²) in [6.45, 7) is 2.21. The molecule has 2 atom stereocenters. The minimum atomic E-state index is -4.91. The molecule has 142 valence electrons. The van der Waals surface area contributed by atoms with E-state index in [4.69, 9.17) is 0 Å². The van der Waals surface area contributed by atoms with Crippen LogP contribution in [0.25, 0.3) is 0 Å². The van der Waals surface area contributed by atoms with Crippen LogP contribution in [0.15, 0.2) is 24.5 Å². The maximum absolute atomic E-state index is 13.1. The second-order valence-electron chi connectivity index (χ2n) is 7.28. The predicted molar refractivity (Wildman–Crippen MR) is 88.0 cm³/mol. The number of halogens is 3. The van der Waals surface area contributed by atoms with Crippen LogP contribution < -0.4 is 5.32 Å². The van der Waals surface area contributed by atoms with Gasteiger partial charge in [0.2, 0.25) is 5.91 Å². The monoisotopic (exact) mass is 369 g/mol. The molecule has 0 spiro atoms. The summed E-state index contributed by atoms with van der Waals surface area (Å²) in [6, 6.07) is 2.60. The average molecular weight is 369 g/mol. The molecule has 2 heterocycles. The van der Waals surface area contributed by atoms with Crippen molar-refractivity contribution >= 4 is 11.8 Å². The largest absolute Gasteiger partial charge is 0.471 e. The second kappa shape index (κ2) is 6.89. The summed E-state index contributed by atoms with van der Waals surface area (Å²) in [5.41, 5.74) is 0.498. The van der Waals surface area contributed by atoms with Crippen LogP contribution in [0.1, 0.15) is 38.2 Å². The van der Waals surface area contributed by atoms with Gasteiger partial charge >= 0.3 is 12.1 Å². The van der Waals surface area contributed by atoms with Crippen molar-refractivity contribution in [2.45, 2.75) is 57.3 Å². The molecule has 26 heavy (non-hydrogen) atoms. The van der Waals surface area contributed by atoms with Gasteiger partial charge in [0.05, 0.1) is 5.41 Å². The number of carbonyl (C=O) groups is 2. The van der Waals surface area contributed by atoms with Gasteiger partial charge in [0.1, 0.15) is 0 Å². The van der Waals surface area contributed by atoms with Crippen LogP contribution in [0, 0.1) is 5.41 Å². The predicted octanol–water partition coefficient (Wildman–Crippen LogP) is 2.46. The molecule has 1 aromatic rings. The van der Waals surface area contributed by atoms with Crippen LogP contribution in [0.4, 0.5) is 13.2 Å². The molecular weight excluding hydrogens is 347 g/mol. The lowest BCUT2D eigenvalue weighted by molar-refractivity contribution is -0.175. The number of likely N-dealkylation sites (tertiary alicyclic amines) is 1. The Morgan fingerprint density at radius 2 is 2.12 bits per heavy atom. The first-order valence-electron chi connectivity index (χ1n) is 8.81. The van der Waals surface area contributed by atoms with Crippen molar-refractivity contribution in [3.8, 4) is 0 Å². The molecule has 0 radical (unpaired) electrons. The third kappa shape index (κ3) is 3.83. The SMILES string of the molecule is C[C@@H]1[C@H](NC(=O)C(F)(F)F)CCCN1C(=O)C1(Cc2cccnc2)CC1. The Kier molecular flexibility index (Phi) is 4.94. The van der Waals surface area contributed by atoms with Crippen LogP contribution in [0.3, 0.4) is 0 Å². The van der Waals surface area contributed by atoms with Gasteiger partial charge in [-0.05, 0) is 50.7 Å². The molecule has 1 N–H and O–H groups in total. The highest BCUT2D eigenvalue weighted by Gasteiger charge is 2.53. The molecule has 1 saturated heterocycles. The summed E-state index contributed by atoms with van der Waals surface area (Å²) in [7, 11) is 0. The summed E-state index contributed by atoms with van der Waals surface area (Å²) >= 11 is 0. The summed E-state index contributed by atoms with van der Waals surface area (Å²) in [5.74, 6) is -1.97. The van der Waals surface area contributed by atoms with Crippen molar-refractivity contribution in [1.82, 2.24) is 15.2 Å². The highest BCUT2D eigenvalue weighted by molar-refractivity contribution is 5.86. The lowest BCUT2D eigenvalue weighted by Crippen LogP contribution is -2.58. The Morgan fingerprint density at radius 3 is 2.69 bits per heavy atom. The standard InChI is InChI=1S/C18H22F3N3O2/c1-12-14(23-15(25)18(19,20)21)5-3-9-24(12)16(26)17(6-7-17)10-13-4-2-8-22-11-13/h2,4,8,11-12,14H,3,5-7,9-10H2,1H3,(H,23,25)/t12-,14-/m1/s1. The first-order chi connectivity index (χ1) is 12.2. The summed E-state index contributed by atoms with van der Waals surface area (Å²) < 4.78 is 37.6. The van der Waals surface area contributed by atoms with E-state index in [2.05, 4.69) is 4.98 Å². The van der Waals surface area contributed by atoms with E-state index in [0.29, 0.717) is 25.8 Å². The summed E-state index contributed by atoms with van der Waals surface area (Å²) in [5, 5.41) is 2.05. The third-order valence-electron chi connectivity index (χ3n) is 5.40. The van der Waals surface area contributed by atoms with Gasteiger partial charge < -0.3 is 10.2 Å². The van der Waals surface area contributed by atoms with Crippen LogP contribution >= 0.6 is 0 Å². The van der Waals surface area contributed by atoms with Gasteiger partial charge in [0.25, 0.3) is 0 Å². The summed E-state index contributed by atoms with van der Waals surface area (Å²) in [6.07, 6.45) is 1.62. The van der Waals surface area contributed by atoms with Crippen molar-refractivity contribution in [2.75, 3.05) is 6.54 Å². The molecular formula is C18H22F3N3O2. The van der Waals surface area contributed by atoms with Gasteiger partial charge in [0, 0.05) is 31.0 Å². The first-order valence-corrected chi connectivity index (χ1v) is 8.81.